The summed E-state index contributed by atoms with van der Waals surface area (Å²) in [6.45, 7) is 11.2. The van der Waals surface area contributed by atoms with Crippen LogP contribution in [0.2, 0.25) is 0 Å². The fraction of sp³-hybridized carbons (Fsp3) is 0.474. The van der Waals surface area contributed by atoms with Crippen molar-refractivity contribution < 1.29 is 14.6 Å². The number of hydrogen-bond acceptors (Lipinski definition) is 3. The molecule has 5 nitrogen and oxygen atoms in total. The average molecular weight is 330 g/mol. The Morgan fingerprint density at radius 1 is 1.25 bits per heavy atom. The van der Waals surface area contributed by atoms with Gasteiger partial charge >= 0.3 is 5.97 Å². The number of nitrogens with one attached hydrogen (secondary N) is 1. The van der Waals surface area contributed by atoms with Crippen LogP contribution in [0.3, 0.4) is 0 Å². The van der Waals surface area contributed by atoms with Crippen molar-refractivity contribution >= 4 is 5.97 Å². The summed E-state index contributed by atoms with van der Waals surface area (Å²) in [7, 11) is 0. The Balaban J connectivity index is 0.00000100. The molecule has 1 fully saturated rings. The van der Waals surface area contributed by atoms with Crippen LogP contribution in [0.4, 0.5) is 0 Å². The van der Waals surface area contributed by atoms with Crippen LogP contribution in [-0.4, -0.2) is 34.3 Å². The van der Waals surface area contributed by atoms with Gasteiger partial charge in [0, 0.05) is 23.8 Å². The van der Waals surface area contributed by atoms with Crippen LogP contribution in [0.25, 0.3) is 11.3 Å². The molecular formula is C19H26N2O3. The van der Waals surface area contributed by atoms with Crippen molar-refractivity contribution in [3.05, 3.63) is 40.3 Å². The number of aryl methyl sites for hydroxylation is 3. The number of benzene rings is 1. The number of aromatic amines is 1. The number of imidazole rings is 1. The summed E-state index contributed by atoms with van der Waals surface area (Å²) in [6, 6.07) is 3.64. The van der Waals surface area contributed by atoms with Crippen LogP contribution in [0.1, 0.15) is 59.2 Å². The molecule has 1 aliphatic rings. The van der Waals surface area contributed by atoms with Crippen molar-refractivity contribution in [3.63, 3.8) is 0 Å². The van der Waals surface area contributed by atoms with Gasteiger partial charge in [-0.2, -0.15) is 0 Å². The number of hydrogen-bond donors (Lipinski definition) is 2. The van der Waals surface area contributed by atoms with E-state index in [0.29, 0.717) is 18.1 Å². The number of carbonyl (C=O) groups is 1. The molecule has 24 heavy (non-hydrogen) atoms. The summed E-state index contributed by atoms with van der Waals surface area (Å²) in [5.74, 6) is 0.329. The molecule has 0 radical (unpaired) electrons. The number of ether oxygens (including phenoxy) is 1. The van der Waals surface area contributed by atoms with Crippen molar-refractivity contribution in [1.29, 1.82) is 0 Å². The lowest BCUT2D eigenvalue weighted by molar-refractivity contribution is 0.0696. The molecule has 2 heterocycles. The van der Waals surface area contributed by atoms with Gasteiger partial charge in [0.1, 0.15) is 5.82 Å². The van der Waals surface area contributed by atoms with Crippen LogP contribution in [0.15, 0.2) is 12.1 Å². The van der Waals surface area contributed by atoms with E-state index in [2.05, 4.69) is 4.98 Å². The smallest absolute Gasteiger partial charge is 0.335 e. The first kappa shape index (κ1) is 18.2. The van der Waals surface area contributed by atoms with Crippen LogP contribution in [0.5, 0.6) is 0 Å². The number of aromatic nitrogens is 2. The molecule has 1 aromatic heterocycles. The second kappa shape index (κ2) is 7.62. The summed E-state index contributed by atoms with van der Waals surface area (Å²) in [5, 5.41) is 9.33. The first-order valence-electron chi connectivity index (χ1n) is 8.46. The number of carboxylic acids is 1. The largest absolute Gasteiger partial charge is 0.478 e. The third-order valence-electron chi connectivity index (χ3n) is 4.28. The van der Waals surface area contributed by atoms with Gasteiger partial charge in [0.15, 0.2) is 0 Å². The molecule has 130 valence electrons. The second-order valence-electron chi connectivity index (χ2n) is 5.94. The lowest BCUT2D eigenvalue weighted by Crippen LogP contribution is -2.02. The highest BCUT2D eigenvalue weighted by atomic mass is 16.5. The maximum absolute atomic E-state index is 11.4. The molecule has 0 bridgehead atoms. The Bertz CT molecular complexity index is 728. The van der Waals surface area contributed by atoms with Gasteiger partial charge in [-0.05, 0) is 44.4 Å². The summed E-state index contributed by atoms with van der Waals surface area (Å²) < 4.78 is 5.42. The Kier molecular flexibility index (Phi) is 5.78. The summed E-state index contributed by atoms with van der Waals surface area (Å²) in [6.07, 6.45) is 0.972. The first-order chi connectivity index (χ1) is 11.5. The van der Waals surface area contributed by atoms with Gasteiger partial charge in [0.2, 0.25) is 0 Å². The molecule has 0 spiro atoms. The SMILES string of the molecule is CC.Cc1cc(C)c(-c2nc(C3CCOC3)[nH]c2C)cc1C(=O)O. The van der Waals surface area contributed by atoms with Crippen molar-refractivity contribution in [2.24, 2.45) is 0 Å². The first-order valence-corrected chi connectivity index (χ1v) is 8.46. The lowest BCUT2D eigenvalue weighted by atomic mass is 9.97. The maximum atomic E-state index is 11.4. The monoisotopic (exact) mass is 330 g/mol. The number of aromatic carboxylic acids is 1. The van der Waals surface area contributed by atoms with Gasteiger partial charge in [-0.3, -0.25) is 0 Å². The summed E-state index contributed by atoms with van der Waals surface area (Å²) in [5.41, 5.74) is 4.81. The average Bonchev–Trinajstić information content (AvgIpc) is 3.19. The Labute approximate surface area is 143 Å². The molecule has 1 atom stereocenters. The molecule has 0 saturated carbocycles. The van der Waals surface area contributed by atoms with E-state index in [1.54, 1.807) is 6.07 Å². The minimum Gasteiger partial charge on any atom is -0.478 e. The zero-order valence-corrected chi connectivity index (χ0v) is 15.1. The van der Waals surface area contributed by atoms with Gasteiger partial charge in [-0.25, -0.2) is 9.78 Å². The molecule has 5 heteroatoms. The van der Waals surface area contributed by atoms with Gasteiger partial charge in [-0.15, -0.1) is 0 Å². The van der Waals surface area contributed by atoms with Crippen LogP contribution < -0.4 is 0 Å². The number of carboxylic acid groups (broad SMARTS) is 1. The van der Waals surface area contributed by atoms with Gasteiger partial charge < -0.3 is 14.8 Å². The van der Waals surface area contributed by atoms with E-state index in [-0.39, 0.29) is 0 Å². The lowest BCUT2D eigenvalue weighted by Gasteiger charge is -2.09. The van der Waals surface area contributed by atoms with Crippen LogP contribution >= 0.6 is 0 Å². The standard InChI is InChI=1S/C17H20N2O3.C2H6/c1-9-6-10(2)14(17(20)21)7-13(9)15-11(3)18-16(19-15)12-4-5-22-8-12;1-2/h6-7,12H,4-5,8H2,1-3H3,(H,18,19)(H,20,21);1-2H3. The second-order valence-corrected chi connectivity index (χ2v) is 5.94. The minimum atomic E-state index is -0.906. The van der Waals surface area contributed by atoms with Crippen molar-refractivity contribution in [1.82, 2.24) is 9.97 Å². The zero-order valence-electron chi connectivity index (χ0n) is 15.1. The van der Waals surface area contributed by atoms with Crippen molar-refractivity contribution in [2.45, 2.75) is 47.0 Å². The highest BCUT2D eigenvalue weighted by Gasteiger charge is 2.23. The number of nitrogens with zero attached hydrogens (tertiary/aromatic N) is 1. The van der Waals surface area contributed by atoms with E-state index < -0.39 is 5.97 Å². The predicted molar refractivity (Wildman–Crippen MR) is 94.7 cm³/mol. The van der Waals surface area contributed by atoms with E-state index in [1.807, 2.05) is 40.7 Å². The van der Waals surface area contributed by atoms with E-state index in [1.165, 1.54) is 0 Å². The van der Waals surface area contributed by atoms with Crippen molar-refractivity contribution in [3.8, 4) is 11.3 Å². The fourth-order valence-electron chi connectivity index (χ4n) is 3.03. The maximum Gasteiger partial charge on any atom is 0.335 e. The predicted octanol–water partition coefficient (Wildman–Crippen LogP) is 4.23. The van der Waals surface area contributed by atoms with Crippen LogP contribution in [-0.2, 0) is 4.74 Å². The highest BCUT2D eigenvalue weighted by molar-refractivity contribution is 5.91. The molecule has 0 amide bonds. The third kappa shape index (κ3) is 3.51. The van der Waals surface area contributed by atoms with E-state index in [0.717, 1.165) is 46.9 Å². The molecule has 1 saturated heterocycles. The molecular weight excluding hydrogens is 304 g/mol. The highest BCUT2D eigenvalue weighted by Crippen LogP contribution is 2.31. The number of rotatable bonds is 3. The van der Waals surface area contributed by atoms with E-state index >= 15 is 0 Å². The summed E-state index contributed by atoms with van der Waals surface area (Å²) >= 11 is 0. The Hall–Kier alpha value is -2.14. The number of H-pyrrole nitrogens is 1. The van der Waals surface area contributed by atoms with E-state index in [9.17, 15) is 9.90 Å². The Morgan fingerprint density at radius 2 is 1.96 bits per heavy atom. The topological polar surface area (TPSA) is 75.2 Å². The molecule has 2 N–H and O–H groups in total. The van der Waals surface area contributed by atoms with Gasteiger partial charge in [0.05, 0.1) is 17.9 Å². The molecule has 1 aliphatic heterocycles. The zero-order chi connectivity index (χ0) is 17.9. The summed E-state index contributed by atoms with van der Waals surface area (Å²) in [4.78, 5) is 19.4. The van der Waals surface area contributed by atoms with Crippen LogP contribution in [0, 0.1) is 20.8 Å². The fourth-order valence-corrected chi connectivity index (χ4v) is 3.03. The molecule has 1 unspecified atom stereocenters. The molecule has 2 aromatic rings. The Morgan fingerprint density at radius 3 is 2.54 bits per heavy atom. The van der Waals surface area contributed by atoms with Gasteiger partial charge in [-0.1, -0.05) is 19.9 Å². The molecule has 0 aliphatic carbocycles. The van der Waals surface area contributed by atoms with Gasteiger partial charge in [0.25, 0.3) is 0 Å². The van der Waals surface area contributed by atoms with Crippen molar-refractivity contribution in [2.75, 3.05) is 13.2 Å². The third-order valence-corrected chi connectivity index (χ3v) is 4.28. The van der Waals surface area contributed by atoms with E-state index in [4.69, 9.17) is 9.72 Å². The minimum absolute atomic E-state index is 0.303. The normalized spacial score (nSPS) is 16.6. The molecule has 3 rings (SSSR count). The quantitative estimate of drug-likeness (QED) is 0.883. The molecule has 1 aromatic carbocycles.